The number of rotatable bonds is 7. The average molecular weight is 328 g/mol. The van der Waals surface area contributed by atoms with Gasteiger partial charge in [-0.3, -0.25) is 4.79 Å². The summed E-state index contributed by atoms with van der Waals surface area (Å²) in [6.07, 6.45) is -2.15. The van der Waals surface area contributed by atoms with Gasteiger partial charge in [-0.2, -0.15) is 11.3 Å². The van der Waals surface area contributed by atoms with E-state index in [0.29, 0.717) is 5.56 Å². The van der Waals surface area contributed by atoms with Gasteiger partial charge in [-0.15, -0.1) is 0 Å². The molecule has 0 aliphatic carbocycles. The summed E-state index contributed by atoms with van der Waals surface area (Å²) in [6, 6.07) is 4.67. The smallest absolute Gasteiger partial charge is 0.272 e. The van der Waals surface area contributed by atoms with E-state index in [1.807, 2.05) is 5.38 Å². The van der Waals surface area contributed by atoms with Crippen molar-refractivity contribution in [3.8, 4) is 5.88 Å². The lowest BCUT2D eigenvalue weighted by Gasteiger charge is -2.12. The molecule has 0 aliphatic rings. The summed E-state index contributed by atoms with van der Waals surface area (Å²) in [4.78, 5) is 15.8. The van der Waals surface area contributed by atoms with Crippen LogP contribution in [-0.2, 0) is 0 Å². The molecule has 118 valence electrons. The second-order valence-corrected chi connectivity index (χ2v) is 5.12. The molecule has 0 radical (unpaired) electrons. The first kappa shape index (κ1) is 16.3. The number of hydrogen-bond acceptors (Lipinski definition) is 5. The number of aliphatic hydroxyl groups is 1. The Balaban J connectivity index is 1.97. The maximum absolute atomic E-state index is 12.2. The first-order valence-corrected chi connectivity index (χ1v) is 7.36. The molecule has 1 unspecified atom stereocenters. The lowest BCUT2D eigenvalue weighted by Crippen LogP contribution is -2.29. The number of carbonyl (C=O) groups excluding carboxylic acids is 1. The quantitative estimate of drug-likeness (QED) is 0.818. The normalized spacial score (nSPS) is 12.2. The minimum Gasteiger partial charge on any atom is -0.471 e. The summed E-state index contributed by atoms with van der Waals surface area (Å²) in [5.41, 5.74) is 0.742. The second-order valence-electron chi connectivity index (χ2n) is 4.34. The van der Waals surface area contributed by atoms with E-state index in [1.165, 1.54) is 29.7 Å². The Morgan fingerprint density at radius 1 is 1.45 bits per heavy atom. The van der Waals surface area contributed by atoms with Crippen molar-refractivity contribution in [1.82, 2.24) is 10.3 Å². The molecule has 2 rings (SSSR count). The van der Waals surface area contributed by atoms with E-state index in [0.717, 1.165) is 0 Å². The third kappa shape index (κ3) is 4.47. The van der Waals surface area contributed by atoms with Crippen LogP contribution in [-0.4, -0.2) is 35.6 Å². The number of nitrogens with zero attached hydrogens (tertiary/aromatic N) is 1. The number of alkyl halides is 2. The fraction of sp³-hybridized carbons (Fsp3) is 0.286. The van der Waals surface area contributed by atoms with Crippen LogP contribution in [0.15, 0.2) is 35.2 Å². The molecule has 1 atom stereocenters. The SMILES string of the molecule is O=C(NCC(O)c1ccsc1)c1cccnc1OCC(F)F. The van der Waals surface area contributed by atoms with Crippen LogP contribution in [0, 0.1) is 0 Å². The molecule has 0 fully saturated rings. The number of hydrogen-bond donors (Lipinski definition) is 2. The van der Waals surface area contributed by atoms with Crippen LogP contribution in [0.2, 0.25) is 0 Å². The zero-order chi connectivity index (χ0) is 15.9. The average Bonchev–Trinajstić information content (AvgIpc) is 3.05. The predicted molar refractivity (Wildman–Crippen MR) is 77.3 cm³/mol. The van der Waals surface area contributed by atoms with Crippen LogP contribution in [0.1, 0.15) is 22.0 Å². The Morgan fingerprint density at radius 3 is 2.95 bits per heavy atom. The van der Waals surface area contributed by atoms with E-state index < -0.39 is 25.0 Å². The van der Waals surface area contributed by atoms with E-state index in [2.05, 4.69) is 10.3 Å². The fourth-order valence-electron chi connectivity index (χ4n) is 1.69. The number of carbonyl (C=O) groups is 1. The summed E-state index contributed by atoms with van der Waals surface area (Å²) in [6.45, 7) is -0.840. The molecule has 2 aromatic heterocycles. The molecule has 1 amide bonds. The van der Waals surface area contributed by atoms with Gasteiger partial charge in [0.1, 0.15) is 5.56 Å². The van der Waals surface area contributed by atoms with Crippen LogP contribution in [0.4, 0.5) is 8.78 Å². The number of nitrogens with one attached hydrogen (secondary N) is 1. The molecule has 22 heavy (non-hydrogen) atoms. The highest BCUT2D eigenvalue weighted by Gasteiger charge is 2.16. The van der Waals surface area contributed by atoms with Crippen LogP contribution in [0.3, 0.4) is 0 Å². The van der Waals surface area contributed by atoms with E-state index >= 15 is 0 Å². The molecule has 0 saturated heterocycles. The Labute approximate surface area is 129 Å². The van der Waals surface area contributed by atoms with Gasteiger partial charge in [0.15, 0.2) is 6.61 Å². The van der Waals surface area contributed by atoms with Crippen molar-refractivity contribution in [3.63, 3.8) is 0 Å². The van der Waals surface area contributed by atoms with Crippen molar-refractivity contribution in [2.45, 2.75) is 12.5 Å². The number of ether oxygens (including phenoxy) is 1. The van der Waals surface area contributed by atoms with Crippen molar-refractivity contribution in [2.75, 3.05) is 13.2 Å². The topological polar surface area (TPSA) is 71.5 Å². The van der Waals surface area contributed by atoms with Gasteiger partial charge < -0.3 is 15.2 Å². The van der Waals surface area contributed by atoms with Gasteiger partial charge in [-0.1, -0.05) is 0 Å². The Kier molecular flexibility index (Phi) is 5.79. The molecule has 2 heterocycles. The van der Waals surface area contributed by atoms with Gasteiger partial charge in [0.2, 0.25) is 5.88 Å². The molecular weight excluding hydrogens is 314 g/mol. The van der Waals surface area contributed by atoms with Crippen LogP contribution in [0.5, 0.6) is 5.88 Å². The number of amides is 1. The van der Waals surface area contributed by atoms with Crippen molar-refractivity contribution >= 4 is 17.2 Å². The minimum absolute atomic E-state index is 0.00124. The fourth-order valence-corrected chi connectivity index (χ4v) is 2.39. The molecule has 0 aromatic carbocycles. The van der Waals surface area contributed by atoms with Crippen molar-refractivity contribution in [3.05, 3.63) is 46.3 Å². The maximum Gasteiger partial charge on any atom is 0.272 e. The highest BCUT2D eigenvalue weighted by Crippen LogP contribution is 2.17. The monoisotopic (exact) mass is 328 g/mol. The lowest BCUT2D eigenvalue weighted by atomic mass is 10.2. The van der Waals surface area contributed by atoms with Crippen LogP contribution < -0.4 is 10.1 Å². The van der Waals surface area contributed by atoms with Crippen LogP contribution >= 0.6 is 11.3 Å². The Morgan fingerprint density at radius 2 is 2.27 bits per heavy atom. The van der Waals surface area contributed by atoms with Gasteiger partial charge in [0, 0.05) is 12.7 Å². The zero-order valence-corrected chi connectivity index (χ0v) is 12.2. The molecule has 8 heteroatoms. The lowest BCUT2D eigenvalue weighted by molar-refractivity contribution is 0.0768. The number of aliphatic hydroxyl groups excluding tert-OH is 1. The van der Waals surface area contributed by atoms with Gasteiger partial charge in [0.05, 0.1) is 6.10 Å². The summed E-state index contributed by atoms with van der Waals surface area (Å²) < 4.78 is 29.2. The van der Waals surface area contributed by atoms with Gasteiger partial charge in [-0.05, 0) is 34.5 Å². The molecule has 0 bridgehead atoms. The number of aromatic nitrogens is 1. The first-order valence-electron chi connectivity index (χ1n) is 6.42. The van der Waals surface area contributed by atoms with E-state index in [4.69, 9.17) is 4.74 Å². The zero-order valence-electron chi connectivity index (χ0n) is 11.4. The molecule has 0 spiro atoms. The summed E-state index contributed by atoms with van der Waals surface area (Å²) in [7, 11) is 0. The molecule has 2 aromatic rings. The van der Waals surface area contributed by atoms with Crippen molar-refractivity contribution in [2.24, 2.45) is 0 Å². The molecule has 0 saturated carbocycles. The largest absolute Gasteiger partial charge is 0.471 e. The predicted octanol–water partition coefficient (Wildman–Crippen LogP) is 2.25. The molecule has 2 N–H and O–H groups in total. The Bertz CT molecular complexity index is 608. The number of pyridine rings is 1. The van der Waals surface area contributed by atoms with Gasteiger partial charge >= 0.3 is 0 Å². The van der Waals surface area contributed by atoms with Crippen molar-refractivity contribution < 1.29 is 23.4 Å². The molecular formula is C14H14F2N2O3S. The number of thiophene rings is 1. The van der Waals surface area contributed by atoms with E-state index in [-0.39, 0.29) is 18.0 Å². The Hall–Kier alpha value is -2.06. The standard InChI is InChI=1S/C14H14F2N2O3S/c15-12(16)7-21-14-10(2-1-4-17-14)13(20)18-6-11(19)9-3-5-22-8-9/h1-5,8,11-12,19H,6-7H2,(H,18,20). The number of halogens is 2. The van der Waals surface area contributed by atoms with Gasteiger partial charge in [-0.25, -0.2) is 13.8 Å². The highest BCUT2D eigenvalue weighted by molar-refractivity contribution is 7.07. The summed E-state index contributed by atoms with van der Waals surface area (Å²) in [5, 5.41) is 16.0. The third-order valence-corrected chi connectivity index (χ3v) is 3.45. The summed E-state index contributed by atoms with van der Waals surface area (Å²) in [5.74, 6) is -0.711. The summed E-state index contributed by atoms with van der Waals surface area (Å²) >= 11 is 1.44. The van der Waals surface area contributed by atoms with Gasteiger partial charge in [0.25, 0.3) is 12.3 Å². The molecule has 5 nitrogen and oxygen atoms in total. The van der Waals surface area contributed by atoms with E-state index in [9.17, 15) is 18.7 Å². The van der Waals surface area contributed by atoms with E-state index in [1.54, 1.807) is 11.4 Å². The highest BCUT2D eigenvalue weighted by atomic mass is 32.1. The second kappa shape index (κ2) is 7.81. The first-order chi connectivity index (χ1) is 10.6. The maximum atomic E-state index is 12.2. The van der Waals surface area contributed by atoms with Crippen LogP contribution in [0.25, 0.3) is 0 Å². The van der Waals surface area contributed by atoms with Crippen molar-refractivity contribution in [1.29, 1.82) is 0 Å². The minimum atomic E-state index is -2.65. The third-order valence-electron chi connectivity index (χ3n) is 2.75. The molecule has 0 aliphatic heterocycles.